The van der Waals surface area contributed by atoms with E-state index < -0.39 is 5.63 Å². The maximum absolute atomic E-state index is 11.4. The smallest absolute Gasteiger partial charge is 0.336 e. The molecule has 0 bridgehead atoms. The highest BCUT2D eigenvalue weighted by atomic mass is 16.5. The zero-order valence-electron chi connectivity index (χ0n) is 11.5. The molecule has 2 heterocycles. The van der Waals surface area contributed by atoms with Gasteiger partial charge in [0, 0.05) is 16.8 Å². The Labute approximate surface area is 120 Å². The summed E-state index contributed by atoms with van der Waals surface area (Å²) >= 11 is 0. The molecule has 0 saturated carbocycles. The molecule has 1 N–H and O–H groups in total. The van der Waals surface area contributed by atoms with E-state index in [9.17, 15) is 4.79 Å². The van der Waals surface area contributed by atoms with Crippen LogP contribution in [0.5, 0.6) is 5.75 Å². The Balaban J connectivity index is 2.13. The van der Waals surface area contributed by atoms with Crippen LogP contribution in [-0.2, 0) is 0 Å². The van der Waals surface area contributed by atoms with Crippen LogP contribution in [-0.4, -0.2) is 18.3 Å². The van der Waals surface area contributed by atoms with E-state index in [1.165, 1.54) is 6.07 Å². The van der Waals surface area contributed by atoms with Crippen molar-refractivity contribution in [3.8, 4) is 5.75 Å². The second-order valence-electron chi connectivity index (χ2n) is 4.74. The molecule has 3 rings (SSSR count). The van der Waals surface area contributed by atoms with E-state index in [0.717, 1.165) is 16.3 Å². The van der Waals surface area contributed by atoms with Crippen molar-refractivity contribution in [3.05, 3.63) is 52.6 Å². The van der Waals surface area contributed by atoms with Crippen molar-refractivity contribution in [2.45, 2.75) is 6.92 Å². The van der Waals surface area contributed by atoms with Gasteiger partial charge >= 0.3 is 5.63 Å². The topological polar surface area (TPSA) is 72.8 Å². The molecule has 2 aromatic heterocycles. The maximum Gasteiger partial charge on any atom is 0.336 e. The van der Waals surface area contributed by atoms with Crippen LogP contribution in [0.1, 0.15) is 6.92 Å². The molecular weight excluding hydrogens is 272 g/mol. The SMILES string of the molecule is C/C(=C\COc1c2occc2cc2ccc(=O)oc12)CO. The number of hydrogen-bond acceptors (Lipinski definition) is 5. The molecule has 0 atom stereocenters. The number of rotatable bonds is 4. The Hall–Kier alpha value is -2.53. The molecule has 3 aromatic rings. The van der Waals surface area contributed by atoms with Crippen molar-refractivity contribution >= 4 is 21.9 Å². The predicted molar refractivity (Wildman–Crippen MR) is 78.6 cm³/mol. The minimum Gasteiger partial charge on any atom is -0.482 e. The van der Waals surface area contributed by atoms with Crippen LogP contribution in [0.2, 0.25) is 0 Å². The van der Waals surface area contributed by atoms with Crippen LogP contribution in [0.25, 0.3) is 21.9 Å². The number of ether oxygens (including phenoxy) is 1. The lowest BCUT2D eigenvalue weighted by Crippen LogP contribution is -2.00. The number of aliphatic hydroxyl groups is 1. The van der Waals surface area contributed by atoms with Gasteiger partial charge in [0.25, 0.3) is 0 Å². The third kappa shape index (κ3) is 2.55. The van der Waals surface area contributed by atoms with E-state index in [1.54, 1.807) is 25.3 Å². The summed E-state index contributed by atoms with van der Waals surface area (Å²) in [5.74, 6) is 0.396. The van der Waals surface area contributed by atoms with Crippen molar-refractivity contribution < 1.29 is 18.7 Å². The van der Waals surface area contributed by atoms with Crippen LogP contribution in [0, 0.1) is 0 Å². The standard InChI is InChI=1S/C16H14O5/c1-10(9-17)4-6-20-16-14-12(5-7-19-14)8-11-2-3-13(18)21-15(11)16/h2-5,7-8,17H,6,9H2,1H3/b10-4+. The third-order valence-corrected chi connectivity index (χ3v) is 3.19. The quantitative estimate of drug-likeness (QED) is 0.589. The van der Waals surface area contributed by atoms with E-state index in [4.69, 9.17) is 18.7 Å². The largest absolute Gasteiger partial charge is 0.482 e. The van der Waals surface area contributed by atoms with Crippen molar-refractivity contribution in [2.75, 3.05) is 13.2 Å². The molecule has 0 unspecified atom stereocenters. The van der Waals surface area contributed by atoms with Crippen LogP contribution >= 0.6 is 0 Å². The first-order valence-electron chi connectivity index (χ1n) is 6.52. The normalized spacial score (nSPS) is 12.2. The van der Waals surface area contributed by atoms with Crippen molar-refractivity contribution in [1.29, 1.82) is 0 Å². The van der Waals surface area contributed by atoms with Gasteiger partial charge in [-0.2, -0.15) is 0 Å². The lowest BCUT2D eigenvalue weighted by molar-refractivity contribution is 0.324. The molecule has 0 radical (unpaired) electrons. The summed E-state index contributed by atoms with van der Waals surface area (Å²) in [6.45, 7) is 2.03. The monoisotopic (exact) mass is 286 g/mol. The first-order valence-corrected chi connectivity index (χ1v) is 6.52. The molecule has 0 spiro atoms. The van der Waals surface area contributed by atoms with E-state index in [1.807, 2.05) is 12.1 Å². The average molecular weight is 286 g/mol. The van der Waals surface area contributed by atoms with Gasteiger partial charge in [-0.25, -0.2) is 4.79 Å². The predicted octanol–water partition coefficient (Wildman–Crippen LogP) is 2.86. The summed E-state index contributed by atoms with van der Waals surface area (Å²) in [5.41, 5.74) is 1.25. The molecule has 5 heteroatoms. The molecule has 0 aliphatic rings. The minimum atomic E-state index is -0.444. The number of hydrogen-bond donors (Lipinski definition) is 1. The van der Waals surface area contributed by atoms with Gasteiger partial charge in [-0.05, 0) is 36.8 Å². The molecular formula is C16H14O5. The second-order valence-corrected chi connectivity index (χ2v) is 4.74. The highest BCUT2D eigenvalue weighted by Crippen LogP contribution is 2.34. The molecule has 108 valence electrons. The van der Waals surface area contributed by atoms with E-state index in [2.05, 4.69) is 0 Å². The van der Waals surface area contributed by atoms with Crippen LogP contribution in [0.3, 0.4) is 0 Å². The molecule has 5 nitrogen and oxygen atoms in total. The third-order valence-electron chi connectivity index (χ3n) is 3.19. The van der Waals surface area contributed by atoms with Crippen molar-refractivity contribution in [3.63, 3.8) is 0 Å². The highest BCUT2D eigenvalue weighted by Gasteiger charge is 2.14. The second kappa shape index (κ2) is 5.46. The minimum absolute atomic E-state index is 0.0237. The lowest BCUT2D eigenvalue weighted by atomic mass is 10.1. The van der Waals surface area contributed by atoms with Gasteiger partial charge in [0.1, 0.15) is 6.61 Å². The Bertz CT molecular complexity index is 869. The summed E-state index contributed by atoms with van der Waals surface area (Å²) in [6, 6.07) is 6.75. The number of aliphatic hydroxyl groups excluding tert-OH is 1. The first-order chi connectivity index (χ1) is 10.2. The fraction of sp³-hybridized carbons (Fsp3) is 0.188. The summed E-state index contributed by atoms with van der Waals surface area (Å²) < 4.78 is 16.4. The van der Waals surface area contributed by atoms with E-state index >= 15 is 0 Å². The van der Waals surface area contributed by atoms with Gasteiger partial charge in [0.2, 0.25) is 5.75 Å². The fourth-order valence-electron chi connectivity index (χ4n) is 2.07. The van der Waals surface area contributed by atoms with Crippen molar-refractivity contribution in [2.24, 2.45) is 0 Å². The van der Waals surface area contributed by atoms with Gasteiger partial charge in [0.15, 0.2) is 11.2 Å². The average Bonchev–Trinajstić information content (AvgIpc) is 2.94. The zero-order valence-corrected chi connectivity index (χ0v) is 11.5. The van der Waals surface area contributed by atoms with E-state index in [-0.39, 0.29) is 13.2 Å². The summed E-state index contributed by atoms with van der Waals surface area (Å²) in [7, 11) is 0. The highest BCUT2D eigenvalue weighted by molar-refractivity contribution is 5.99. The van der Waals surface area contributed by atoms with Gasteiger partial charge < -0.3 is 18.7 Å². The molecule has 0 saturated heterocycles. The Morgan fingerprint density at radius 2 is 2.10 bits per heavy atom. The number of benzene rings is 1. The van der Waals surface area contributed by atoms with Crippen molar-refractivity contribution in [1.82, 2.24) is 0 Å². The summed E-state index contributed by atoms with van der Waals surface area (Å²) in [4.78, 5) is 11.4. The summed E-state index contributed by atoms with van der Waals surface area (Å²) in [5, 5.41) is 10.6. The Morgan fingerprint density at radius 3 is 2.90 bits per heavy atom. The molecule has 0 fully saturated rings. The van der Waals surface area contributed by atoms with Crippen LogP contribution in [0.4, 0.5) is 0 Å². The molecule has 0 aliphatic carbocycles. The van der Waals surface area contributed by atoms with Crippen LogP contribution in [0.15, 0.2) is 55.8 Å². The number of furan rings is 1. The van der Waals surface area contributed by atoms with E-state index in [0.29, 0.717) is 16.9 Å². The number of fused-ring (bicyclic) bond motifs is 2. The molecule has 1 aromatic carbocycles. The van der Waals surface area contributed by atoms with Gasteiger partial charge in [0.05, 0.1) is 12.9 Å². The lowest BCUT2D eigenvalue weighted by Gasteiger charge is -2.07. The van der Waals surface area contributed by atoms with Gasteiger partial charge in [-0.3, -0.25) is 0 Å². The Kier molecular flexibility index (Phi) is 3.50. The van der Waals surface area contributed by atoms with Gasteiger partial charge in [-0.1, -0.05) is 0 Å². The fourth-order valence-corrected chi connectivity index (χ4v) is 2.07. The molecule has 21 heavy (non-hydrogen) atoms. The first kappa shape index (κ1) is 13.5. The van der Waals surface area contributed by atoms with Gasteiger partial charge in [-0.15, -0.1) is 0 Å². The molecule has 0 aliphatic heterocycles. The Morgan fingerprint density at radius 1 is 1.29 bits per heavy atom. The summed E-state index contributed by atoms with van der Waals surface area (Å²) in [6.07, 6.45) is 3.32. The molecule has 0 amide bonds. The maximum atomic E-state index is 11.4. The van der Waals surface area contributed by atoms with Crippen LogP contribution < -0.4 is 10.4 Å². The zero-order chi connectivity index (χ0) is 14.8.